The van der Waals surface area contributed by atoms with Crippen molar-refractivity contribution in [1.82, 2.24) is 10.3 Å². The van der Waals surface area contributed by atoms with Gasteiger partial charge in [-0.3, -0.25) is 4.98 Å². The van der Waals surface area contributed by atoms with Crippen LogP contribution in [0.4, 0.5) is 0 Å². The second-order valence-electron chi connectivity index (χ2n) is 4.73. The lowest BCUT2D eigenvalue weighted by Crippen LogP contribution is -2.18. The highest BCUT2D eigenvalue weighted by atomic mass is 16.6. The molecule has 0 fully saturated rings. The Morgan fingerprint density at radius 3 is 2.80 bits per heavy atom. The van der Waals surface area contributed by atoms with E-state index in [-0.39, 0.29) is 0 Å². The van der Waals surface area contributed by atoms with E-state index in [9.17, 15) is 0 Å². The van der Waals surface area contributed by atoms with Gasteiger partial charge >= 0.3 is 0 Å². The second kappa shape index (κ2) is 6.39. The molecule has 4 heteroatoms. The van der Waals surface area contributed by atoms with Crippen molar-refractivity contribution in [3.63, 3.8) is 0 Å². The maximum Gasteiger partial charge on any atom is 0.161 e. The molecular formula is C16H18N2O2. The normalized spacial score (nSPS) is 13.2. The Morgan fingerprint density at radius 1 is 1.05 bits per heavy atom. The number of hydrogen-bond donors (Lipinski definition) is 1. The van der Waals surface area contributed by atoms with E-state index in [4.69, 9.17) is 9.47 Å². The summed E-state index contributed by atoms with van der Waals surface area (Å²) in [7, 11) is 0. The van der Waals surface area contributed by atoms with Gasteiger partial charge in [-0.05, 0) is 42.8 Å². The van der Waals surface area contributed by atoms with Gasteiger partial charge in [-0.25, -0.2) is 0 Å². The van der Waals surface area contributed by atoms with Crippen molar-refractivity contribution in [2.45, 2.75) is 13.0 Å². The van der Waals surface area contributed by atoms with E-state index in [1.807, 2.05) is 30.5 Å². The van der Waals surface area contributed by atoms with Crippen molar-refractivity contribution in [2.24, 2.45) is 0 Å². The minimum absolute atomic E-state index is 0.633. The zero-order chi connectivity index (χ0) is 13.6. The van der Waals surface area contributed by atoms with Crippen LogP contribution >= 0.6 is 0 Å². The van der Waals surface area contributed by atoms with Crippen LogP contribution in [0.5, 0.6) is 11.5 Å². The first-order valence-electron chi connectivity index (χ1n) is 6.91. The van der Waals surface area contributed by atoms with Crippen molar-refractivity contribution in [1.29, 1.82) is 0 Å². The molecule has 0 saturated carbocycles. The Morgan fingerprint density at radius 2 is 1.95 bits per heavy atom. The Bertz CT molecular complexity index is 558. The summed E-state index contributed by atoms with van der Waals surface area (Å²) in [6, 6.07) is 12.1. The van der Waals surface area contributed by atoms with Gasteiger partial charge in [-0.2, -0.15) is 0 Å². The molecule has 1 aliphatic heterocycles. The molecule has 104 valence electrons. The summed E-state index contributed by atoms with van der Waals surface area (Å²) >= 11 is 0. The quantitative estimate of drug-likeness (QED) is 0.846. The van der Waals surface area contributed by atoms with Crippen molar-refractivity contribution >= 4 is 0 Å². The molecule has 2 aromatic rings. The van der Waals surface area contributed by atoms with Crippen LogP contribution < -0.4 is 14.8 Å². The van der Waals surface area contributed by atoms with E-state index in [0.717, 1.165) is 36.7 Å². The molecule has 1 aromatic carbocycles. The fraction of sp³-hybridized carbons (Fsp3) is 0.312. The third kappa shape index (κ3) is 3.27. The van der Waals surface area contributed by atoms with E-state index in [0.29, 0.717) is 13.2 Å². The Labute approximate surface area is 118 Å². The average molecular weight is 270 g/mol. The van der Waals surface area contributed by atoms with E-state index in [1.54, 1.807) is 0 Å². The van der Waals surface area contributed by atoms with Gasteiger partial charge in [0.25, 0.3) is 0 Å². The van der Waals surface area contributed by atoms with Crippen LogP contribution in [0.2, 0.25) is 0 Å². The lowest BCUT2D eigenvalue weighted by atomic mass is 10.1. The summed E-state index contributed by atoms with van der Waals surface area (Å²) in [6.07, 6.45) is 2.78. The molecule has 0 spiro atoms. The Hall–Kier alpha value is -2.07. The minimum atomic E-state index is 0.633. The number of benzene rings is 1. The minimum Gasteiger partial charge on any atom is -0.486 e. The first-order valence-corrected chi connectivity index (χ1v) is 6.91. The maximum absolute atomic E-state index is 5.58. The smallest absolute Gasteiger partial charge is 0.161 e. The summed E-state index contributed by atoms with van der Waals surface area (Å²) in [4.78, 5) is 4.28. The molecule has 4 nitrogen and oxygen atoms in total. The van der Waals surface area contributed by atoms with Crippen LogP contribution in [-0.4, -0.2) is 24.7 Å². The number of rotatable bonds is 5. The topological polar surface area (TPSA) is 43.4 Å². The zero-order valence-electron chi connectivity index (χ0n) is 11.3. The van der Waals surface area contributed by atoms with E-state index >= 15 is 0 Å². The van der Waals surface area contributed by atoms with Gasteiger partial charge in [-0.15, -0.1) is 0 Å². The van der Waals surface area contributed by atoms with Crippen molar-refractivity contribution in [3.8, 4) is 11.5 Å². The lowest BCUT2D eigenvalue weighted by Gasteiger charge is -2.18. The molecule has 20 heavy (non-hydrogen) atoms. The molecule has 2 heterocycles. The van der Waals surface area contributed by atoms with Crippen LogP contribution in [-0.2, 0) is 13.0 Å². The molecule has 1 aliphatic rings. The molecule has 1 N–H and O–H groups in total. The largest absolute Gasteiger partial charge is 0.486 e. The number of pyridine rings is 1. The van der Waals surface area contributed by atoms with Crippen LogP contribution in [0.1, 0.15) is 11.3 Å². The van der Waals surface area contributed by atoms with Gasteiger partial charge in [0, 0.05) is 12.7 Å². The highest BCUT2D eigenvalue weighted by Gasteiger charge is 2.11. The predicted octanol–water partition coefficient (Wildman–Crippen LogP) is 2.19. The SMILES string of the molecule is c1ccc(CNCCc2ccc3c(c2)OCCO3)nc1. The molecular weight excluding hydrogens is 252 g/mol. The molecule has 0 aliphatic carbocycles. The van der Waals surface area contributed by atoms with Gasteiger partial charge in [0.1, 0.15) is 13.2 Å². The monoisotopic (exact) mass is 270 g/mol. The van der Waals surface area contributed by atoms with E-state index in [1.165, 1.54) is 5.56 Å². The number of aromatic nitrogens is 1. The standard InChI is InChI=1S/C16H18N2O2/c1-2-7-18-14(3-1)12-17-8-6-13-4-5-15-16(11-13)20-10-9-19-15/h1-5,7,11,17H,6,8-10,12H2. The molecule has 0 radical (unpaired) electrons. The van der Waals surface area contributed by atoms with Gasteiger partial charge in [-0.1, -0.05) is 12.1 Å². The molecule has 1 aromatic heterocycles. The van der Waals surface area contributed by atoms with Gasteiger partial charge in [0.2, 0.25) is 0 Å². The average Bonchev–Trinajstić information content (AvgIpc) is 2.52. The summed E-state index contributed by atoms with van der Waals surface area (Å²) in [5, 5.41) is 3.40. The molecule has 3 rings (SSSR count). The van der Waals surface area contributed by atoms with Gasteiger partial charge in [0.05, 0.1) is 5.69 Å². The fourth-order valence-corrected chi connectivity index (χ4v) is 2.20. The number of nitrogens with zero attached hydrogens (tertiary/aromatic N) is 1. The van der Waals surface area contributed by atoms with Crippen LogP contribution in [0.3, 0.4) is 0 Å². The number of ether oxygens (including phenoxy) is 2. The van der Waals surface area contributed by atoms with Crippen molar-refractivity contribution < 1.29 is 9.47 Å². The van der Waals surface area contributed by atoms with E-state index < -0.39 is 0 Å². The van der Waals surface area contributed by atoms with Crippen molar-refractivity contribution in [2.75, 3.05) is 19.8 Å². The molecule has 0 bridgehead atoms. The first kappa shape index (κ1) is 12.9. The number of hydrogen-bond acceptors (Lipinski definition) is 4. The Kier molecular flexibility index (Phi) is 4.13. The lowest BCUT2D eigenvalue weighted by molar-refractivity contribution is 0.171. The summed E-state index contributed by atoms with van der Waals surface area (Å²) in [5.74, 6) is 1.71. The van der Waals surface area contributed by atoms with Gasteiger partial charge < -0.3 is 14.8 Å². The van der Waals surface area contributed by atoms with Crippen LogP contribution in [0.25, 0.3) is 0 Å². The maximum atomic E-state index is 5.58. The summed E-state index contributed by atoms with van der Waals surface area (Å²) in [5.41, 5.74) is 2.32. The Balaban J connectivity index is 1.49. The molecule has 0 amide bonds. The molecule has 0 atom stereocenters. The summed E-state index contributed by atoms with van der Waals surface area (Å²) in [6.45, 7) is 2.98. The van der Waals surface area contributed by atoms with Gasteiger partial charge in [0.15, 0.2) is 11.5 Å². The van der Waals surface area contributed by atoms with Crippen molar-refractivity contribution in [3.05, 3.63) is 53.9 Å². The second-order valence-corrected chi connectivity index (χ2v) is 4.73. The van der Waals surface area contributed by atoms with Crippen LogP contribution in [0.15, 0.2) is 42.6 Å². The highest BCUT2D eigenvalue weighted by Crippen LogP contribution is 2.30. The summed E-state index contributed by atoms with van der Waals surface area (Å²) < 4.78 is 11.1. The third-order valence-corrected chi connectivity index (χ3v) is 3.23. The first-order chi connectivity index (χ1) is 9.92. The molecule has 0 saturated heterocycles. The molecule has 0 unspecified atom stereocenters. The van der Waals surface area contributed by atoms with Crippen LogP contribution in [0, 0.1) is 0 Å². The highest BCUT2D eigenvalue weighted by molar-refractivity contribution is 5.43. The fourth-order valence-electron chi connectivity index (χ4n) is 2.20. The number of fused-ring (bicyclic) bond motifs is 1. The number of nitrogens with one attached hydrogen (secondary N) is 1. The van der Waals surface area contributed by atoms with E-state index in [2.05, 4.69) is 22.4 Å². The third-order valence-electron chi connectivity index (χ3n) is 3.23. The zero-order valence-corrected chi connectivity index (χ0v) is 11.3. The predicted molar refractivity (Wildman–Crippen MR) is 77.1 cm³/mol.